The van der Waals surface area contributed by atoms with Crippen LogP contribution < -0.4 is 15.2 Å². The zero-order valence-electron chi connectivity index (χ0n) is 8.96. The van der Waals surface area contributed by atoms with Gasteiger partial charge in [-0.1, -0.05) is 11.6 Å². The normalized spacial score (nSPS) is 19.9. The van der Waals surface area contributed by atoms with Crippen molar-refractivity contribution >= 4 is 11.6 Å². The van der Waals surface area contributed by atoms with E-state index in [1.54, 1.807) is 0 Å². The van der Waals surface area contributed by atoms with Gasteiger partial charge in [-0.25, -0.2) is 0 Å². The van der Waals surface area contributed by atoms with Crippen molar-refractivity contribution in [3.05, 3.63) is 22.7 Å². The summed E-state index contributed by atoms with van der Waals surface area (Å²) in [6.07, 6.45) is 4.07. The third-order valence-corrected chi connectivity index (χ3v) is 3.70. The van der Waals surface area contributed by atoms with E-state index in [1.165, 1.54) is 0 Å². The molecule has 16 heavy (non-hydrogen) atoms. The first kappa shape index (κ1) is 10.2. The molecule has 1 saturated carbocycles. The average molecular weight is 240 g/mol. The maximum atomic E-state index is 6.18. The molecular formula is C12H14ClNO2. The molecule has 0 aromatic heterocycles. The van der Waals surface area contributed by atoms with Gasteiger partial charge in [0.05, 0.1) is 0 Å². The van der Waals surface area contributed by atoms with Crippen molar-refractivity contribution in [2.75, 3.05) is 6.79 Å². The van der Waals surface area contributed by atoms with Gasteiger partial charge in [0.1, 0.15) is 0 Å². The van der Waals surface area contributed by atoms with Gasteiger partial charge in [0, 0.05) is 16.1 Å². The highest BCUT2D eigenvalue weighted by atomic mass is 35.5. The first-order valence-corrected chi connectivity index (χ1v) is 5.92. The molecule has 0 spiro atoms. The molecule has 1 aliphatic carbocycles. The Morgan fingerprint density at radius 3 is 2.88 bits per heavy atom. The summed E-state index contributed by atoms with van der Waals surface area (Å²) >= 11 is 6.18. The van der Waals surface area contributed by atoms with Crippen molar-refractivity contribution in [2.24, 2.45) is 5.73 Å². The highest BCUT2D eigenvalue weighted by Gasteiger charge is 2.38. The van der Waals surface area contributed by atoms with E-state index in [0.29, 0.717) is 0 Å². The summed E-state index contributed by atoms with van der Waals surface area (Å²) in [6.45, 7) is 0.288. The Labute approximate surface area is 99.5 Å². The highest BCUT2D eigenvalue weighted by Crippen LogP contribution is 2.43. The number of ether oxygens (including phenoxy) is 2. The van der Waals surface area contributed by atoms with Crippen LogP contribution in [0.25, 0.3) is 0 Å². The standard InChI is InChI=1S/C12H14ClNO2/c13-9-1-2-10-11(16-7-15-10)8(9)3-4-12(14)5-6-12/h1-2H,3-7,14H2. The van der Waals surface area contributed by atoms with Gasteiger partial charge in [-0.3, -0.25) is 0 Å². The van der Waals surface area contributed by atoms with Gasteiger partial charge in [-0.2, -0.15) is 0 Å². The van der Waals surface area contributed by atoms with Gasteiger partial charge in [0.25, 0.3) is 0 Å². The molecule has 0 saturated heterocycles. The number of halogens is 1. The van der Waals surface area contributed by atoms with Crippen LogP contribution in [0.3, 0.4) is 0 Å². The van der Waals surface area contributed by atoms with Crippen LogP contribution in [0.1, 0.15) is 24.8 Å². The highest BCUT2D eigenvalue weighted by molar-refractivity contribution is 6.31. The topological polar surface area (TPSA) is 44.5 Å². The van der Waals surface area contributed by atoms with Crippen molar-refractivity contribution in [3.8, 4) is 11.5 Å². The second-order valence-corrected chi connectivity index (χ2v) is 5.03. The summed E-state index contributed by atoms with van der Waals surface area (Å²) in [5.74, 6) is 1.60. The lowest BCUT2D eigenvalue weighted by molar-refractivity contribution is 0.173. The quantitative estimate of drug-likeness (QED) is 0.882. The van der Waals surface area contributed by atoms with Crippen molar-refractivity contribution in [1.82, 2.24) is 0 Å². The van der Waals surface area contributed by atoms with Crippen LogP contribution in [-0.2, 0) is 6.42 Å². The van der Waals surface area contributed by atoms with Gasteiger partial charge in [-0.15, -0.1) is 0 Å². The van der Waals surface area contributed by atoms with Crippen molar-refractivity contribution in [1.29, 1.82) is 0 Å². The summed E-state index contributed by atoms with van der Waals surface area (Å²) < 4.78 is 10.8. The minimum atomic E-state index is 0.0471. The van der Waals surface area contributed by atoms with Crippen LogP contribution in [0.5, 0.6) is 11.5 Å². The summed E-state index contributed by atoms with van der Waals surface area (Å²) in [6, 6.07) is 3.71. The van der Waals surface area contributed by atoms with Crippen LogP contribution >= 0.6 is 11.6 Å². The van der Waals surface area contributed by atoms with Crippen LogP contribution in [0, 0.1) is 0 Å². The van der Waals surface area contributed by atoms with Crippen LogP contribution in [0.2, 0.25) is 5.02 Å². The number of benzene rings is 1. The zero-order chi connectivity index (χ0) is 11.2. The Morgan fingerprint density at radius 2 is 2.12 bits per heavy atom. The monoisotopic (exact) mass is 239 g/mol. The second kappa shape index (κ2) is 3.54. The smallest absolute Gasteiger partial charge is 0.231 e. The third-order valence-electron chi connectivity index (χ3n) is 3.35. The molecule has 2 aliphatic rings. The predicted octanol–water partition coefficient (Wildman–Crippen LogP) is 2.49. The first-order chi connectivity index (χ1) is 7.68. The van der Waals surface area contributed by atoms with Crippen LogP contribution in [0.4, 0.5) is 0 Å². The van der Waals surface area contributed by atoms with E-state index in [1.807, 2.05) is 12.1 Å². The van der Waals surface area contributed by atoms with Gasteiger partial charge in [0.2, 0.25) is 6.79 Å². The summed E-state index contributed by atoms with van der Waals surface area (Å²) in [7, 11) is 0. The molecular weight excluding hydrogens is 226 g/mol. The minimum absolute atomic E-state index is 0.0471. The Balaban J connectivity index is 1.84. The lowest BCUT2D eigenvalue weighted by atomic mass is 10.0. The molecule has 2 N–H and O–H groups in total. The molecule has 3 nitrogen and oxygen atoms in total. The third kappa shape index (κ3) is 1.74. The molecule has 1 aromatic rings. The van der Waals surface area contributed by atoms with Gasteiger partial charge < -0.3 is 15.2 Å². The van der Waals surface area contributed by atoms with Crippen molar-refractivity contribution in [3.63, 3.8) is 0 Å². The molecule has 3 rings (SSSR count). The van der Waals surface area contributed by atoms with Crippen molar-refractivity contribution in [2.45, 2.75) is 31.2 Å². The lowest BCUT2D eigenvalue weighted by Gasteiger charge is -2.11. The SMILES string of the molecule is NC1(CCc2c(Cl)ccc3c2OCO3)CC1. The predicted molar refractivity (Wildman–Crippen MR) is 62.0 cm³/mol. The average Bonchev–Trinajstić information content (AvgIpc) is 2.81. The van der Waals surface area contributed by atoms with E-state index in [-0.39, 0.29) is 12.3 Å². The fourth-order valence-corrected chi connectivity index (χ4v) is 2.27. The van der Waals surface area contributed by atoms with Crippen molar-refractivity contribution < 1.29 is 9.47 Å². The Hall–Kier alpha value is -0.930. The van der Waals surface area contributed by atoms with Crippen LogP contribution in [-0.4, -0.2) is 12.3 Å². The Kier molecular flexibility index (Phi) is 2.26. The van der Waals surface area contributed by atoms with Gasteiger partial charge >= 0.3 is 0 Å². The lowest BCUT2D eigenvalue weighted by Crippen LogP contribution is -2.22. The fourth-order valence-electron chi connectivity index (χ4n) is 2.02. The molecule has 1 fully saturated rings. The van der Waals surface area contributed by atoms with Gasteiger partial charge in [0.15, 0.2) is 11.5 Å². The first-order valence-electron chi connectivity index (χ1n) is 5.54. The zero-order valence-corrected chi connectivity index (χ0v) is 9.72. The fraction of sp³-hybridized carbons (Fsp3) is 0.500. The van der Waals surface area contributed by atoms with E-state index < -0.39 is 0 Å². The van der Waals surface area contributed by atoms with E-state index in [0.717, 1.165) is 47.8 Å². The molecule has 0 bridgehead atoms. The summed E-state index contributed by atoms with van der Waals surface area (Å²) in [5, 5.41) is 0.744. The molecule has 0 unspecified atom stereocenters. The molecule has 0 radical (unpaired) electrons. The molecule has 4 heteroatoms. The van der Waals surface area contributed by atoms with Gasteiger partial charge in [-0.05, 0) is 37.8 Å². The molecule has 86 valence electrons. The van der Waals surface area contributed by atoms with E-state index >= 15 is 0 Å². The molecule has 1 aliphatic heterocycles. The molecule has 0 amide bonds. The number of hydrogen-bond acceptors (Lipinski definition) is 3. The van der Waals surface area contributed by atoms with E-state index in [4.69, 9.17) is 26.8 Å². The maximum absolute atomic E-state index is 6.18. The number of fused-ring (bicyclic) bond motifs is 1. The second-order valence-electron chi connectivity index (χ2n) is 4.62. The summed E-state index contributed by atoms with van der Waals surface area (Å²) in [5.41, 5.74) is 7.16. The number of hydrogen-bond donors (Lipinski definition) is 1. The van der Waals surface area contributed by atoms with E-state index in [2.05, 4.69) is 0 Å². The molecule has 0 atom stereocenters. The Morgan fingerprint density at radius 1 is 1.31 bits per heavy atom. The minimum Gasteiger partial charge on any atom is -0.454 e. The summed E-state index contributed by atoms with van der Waals surface area (Å²) in [4.78, 5) is 0. The largest absolute Gasteiger partial charge is 0.454 e. The maximum Gasteiger partial charge on any atom is 0.231 e. The van der Waals surface area contributed by atoms with E-state index in [9.17, 15) is 0 Å². The van der Waals surface area contributed by atoms with Crippen LogP contribution in [0.15, 0.2) is 12.1 Å². The number of rotatable bonds is 3. The molecule has 1 heterocycles. The Bertz CT molecular complexity index is 429. The molecule has 1 aromatic carbocycles. The number of nitrogens with two attached hydrogens (primary N) is 1.